The van der Waals surface area contributed by atoms with Gasteiger partial charge in [0.25, 0.3) is 0 Å². The first-order valence-corrected chi connectivity index (χ1v) is 10.1. The molecule has 0 spiro atoms. The van der Waals surface area contributed by atoms with E-state index >= 15 is 0 Å². The topological polar surface area (TPSA) is 110 Å². The van der Waals surface area contributed by atoms with E-state index in [9.17, 15) is 9.59 Å². The Morgan fingerprint density at radius 1 is 1.30 bits per heavy atom. The van der Waals surface area contributed by atoms with E-state index in [0.29, 0.717) is 28.7 Å². The third-order valence-corrected chi connectivity index (χ3v) is 5.27. The lowest BCUT2D eigenvalue weighted by Crippen LogP contribution is -2.26. The summed E-state index contributed by atoms with van der Waals surface area (Å²) < 4.78 is 11.2. The lowest BCUT2D eigenvalue weighted by atomic mass is 10.2. The summed E-state index contributed by atoms with van der Waals surface area (Å²) in [7, 11) is 1.55. The molecular weight excluding hydrogens is 430 g/mol. The number of benzene rings is 2. The highest BCUT2D eigenvalue weighted by Gasteiger charge is 2.32. The van der Waals surface area contributed by atoms with E-state index in [1.54, 1.807) is 31.4 Å². The summed E-state index contributed by atoms with van der Waals surface area (Å²) in [6.45, 7) is 0.313. The number of carbonyl (C=O) groups is 2. The highest BCUT2D eigenvalue weighted by molar-refractivity contribution is 8.15. The minimum Gasteiger partial charge on any atom is -0.493 e. The summed E-state index contributed by atoms with van der Waals surface area (Å²) in [6.07, 6.45) is 1.22. The highest BCUT2D eigenvalue weighted by Crippen LogP contribution is 2.29. The fraction of sp³-hybridized carbons (Fsp3) is 0.200. The smallest absolute Gasteiger partial charge is 0.305 e. The van der Waals surface area contributed by atoms with Crippen LogP contribution in [-0.2, 0) is 16.2 Å². The van der Waals surface area contributed by atoms with Gasteiger partial charge in [0, 0.05) is 5.02 Å². The van der Waals surface area contributed by atoms with Crippen LogP contribution in [0.3, 0.4) is 0 Å². The average Bonchev–Trinajstić information content (AvgIpc) is 3.05. The zero-order chi connectivity index (χ0) is 21.5. The Morgan fingerprint density at radius 2 is 2.13 bits per heavy atom. The predicted octanol–water partition coefficient (Wildman–Crippen LogP) is 3.32. The van der Waals surface area contributed by atoms with Crippen LogP contribution in [0, 0.1) is 0 Å². The number of amides is 1. The van der Waals surface area contributed by atoms with Crippen LogP contribution in [-0.4, -0.2) is 40.7 Å². The van der Waals surface area contributed by atoms with Crippen molar-refractivity contribution >= 4 is 46.6 Å². The van der Waals surface area contributed by atoms with Gasteiger partial charge in [0.15, 0.2) is 16.7 Å². The number of amidine groups is 1. The van der Waals surface area contributed by atoms with Crippen LogP contribution in [0.1, 0.15) is 17.5 Å². The van der Waals surface area contributed by atoms with E-state index in [1.165, 1.54) is 6.21 Å². The maximum absolute atomic E-state index is 11.7. The molecule has 1 saturated heterocycles. The van der Waals surface area contributed by atoms with Crippen LogP contribution in [0.25, 0.3) is 0 Å². The molecule has 0 aromatic heterocycles. The van der Waals surface area contributed by atoms with E-state index in [4.69, 9.17) is 26.2 Å². The summed E-state index contributed by atoms with van der Waals surface area (Å²) >= 11 is 7.03. The first-order valence-electron chi connectivity index (χ1n) is 8.80. The average molecular weight is 448 g/mol. The SMILES string of the molecule is COc1ccc(C=NN=C2NC(=O)C(CC(=O)O)S2)cc1OCc1cccc(Cl)c1. The molecule has 2 aromatic carbocycles. The number of carboxylic acid groups (broad SMARTS) is 1. The molecule has 0 bridgehead atoms. The molecule has 1 heterocycles. The maximum atomic E-state index is 11.7. The van der Waals surface area contributed by atoms with Crippen molar-refractivity contribution in [2.75, 3.05) is 7.11 Å². The fourth-order valence-electron chi connectivity index (χ4n) is 2.57. The van der Waals surface area contributed by atoms with Crippen LogP contribution in [0.2, 0.25) is 5.02 Å². The largest absolute Gasteiger partial charge is 0.493 e. The molecule has 2 aromatic rings. The molecule has 1 aliphatic rings. The Morgan fingerprint density at radius 3 is 2.87 bits per heavy atom. The zero-order valence-corrected chi connectivity index (χ0v) is 17.4. The first kappa shape index (κ1) is 21.7. The number of rotatable bonds is 8. The van der Waals surface area contributed by atoms with Gasteiger partial charge in [-0.05, 0) is 41.5 Å². The quantitative estimate of drug-likeness (QED) is 0.474. The summed E-state index contributed by atoms with van der Waals surface area (Å²) in [6, 6.07) is 12.6. The van der Waals surface area contributed by atoms with Gasteiger partial charge in [-0.25, -0.2) is 0 Å². The lowest BCUT2D eigenvalue weighted by Gasteiger charge is -2.11. The monoisotopic (exact) mass is 447 g/mol. The van der Waals surface area contributed by atoms with E-state index in [0.717, 1.165) is 17.3 Å². The Kier molecular flexibility index (Phi) is 7.31. The van der Waals surface area contributed by atoms with E-state index in [1.807, 2.05) is 18.2 Å². The zero-order valence-electron chi connectivity index (χ0n) is 15.9. The lowest BCUT2D eigenvalue weighted by molar-refractivity contribution is -0.138. The molecule has 2 N–H and O–H groups in total. The van der Waals surface area contributed by atoms with Gasteiger partial charge >= 0.3 is 5.97 Å². The molecule has 1 amide bonds. The molecule has 3 rings (SSSR count). The van der Waals surface area contributed by atoms with Gasteiger partial charge in [-0.15, -0.1) is 5.10 Å². The number of thioether (sulfide) groups is 1. The second-order valence-corrected chi connectivity index (χ2v) is 7.80. The summed E-state index contributed by atoms with van der Waals surface area (Å²) in [5.74, 6) is -0.344. The molecule has 1 fully saturated rings. The van der Waals surface area contributed by atoms with E-state index in [-0.39, 0.29) is 11.6 Å². The van der Waals surface area contributed by atoms with Gasteiger partial charge in [-0.2, -0.15) is 5.10 Å². The van der Waals surface area contributed by atoms with Crippen LogP contribution in [0.5, 0.6) is 11.5 Å². The van der Waals surface area contributed by atoms with Gasteiger partial charge in [-0.3, -0.25) is 9.59 Å². The second kappa shape index (κ2) is 10.1. The van der Waals surface area contributed by atoms with Crippen molar-refractivity contribution in [1.29, 1.82) is 0 Å². The molecule has 10 heteroatoms. The van der Waals surface area contributed by atoms with Gasteiger partial charge in [0.2, 0.25) is 5.91 Å². The number of carbonyl (C=O) groups excluding carboxylic acids is 1. The van der Waals surface area contributed by atoms with E-state index in [2.05, 4.69) is 15.5 Å². The number of hydrogen-bond donors (Lipinski definition) is 2. The first-order chi connectivity index (χ1) is 14.4. The van der Waals surface area contributed by atoms with Gasteiger partial charge in [0.05, 0.1) is 19.7 Å². The van der Waals surface area contributed by atoms with Crippen LogP contribution < -0.4 is 14.8 Å². The number of hydrogen-bond acceptors (Lipinski definition) is 7. The number of aliphatic carboxylic acids is 1. The Labute approximate surface area is 181 Å². The third-order valence-electron chi connectivity index (χ3n) is 3.96. The van der Waals surface area contributed by atoms with Gasteiger partial charge < -0.3 is 19.9 Å². The second-order valence-electron chi connectivity index (χ2n) is 6.17. The van der Waals surface area contributed by atoms with Crippen molar-refractivity contribution in [3.05, 3.63) is 58.6 Å². The molecule has 1 atom stereocenters. The van der Waals surface area contributed by atoms with Crippen molar-refractivity contribution in [2.24, 2.45) is 10.2 Å². The fourth-order valence-corrected chi connectivity index (χ4v) is 3.70. The van der Waals surface area contributed by atoms with Crippen molar-refractivity contribution in [3.63, 3.8) is 0 Å². The third kappa shape index (κ3) is 5.98. The molecular formula is C20H18ClN3O5S. The maximum Gasteiger partial charge on any atom is 0.305 e. The molecule has 1 aliphatic heterocycles. The number of ether oxygens (including phenoxy) is 2. The van der Waals surface area contributed by atoms with Crippen LogP contribution in [0.15, 0.2) is 52.7 Å². The van der Waals surface area contributed by atoms with Crippen LogP contribution >= 0.6 is 23.4 Å². The molecule has 30 heavy (non-hydrogen) atoms. The number of nitrogens with zero attached hydrogens (tertiary/aromatic N) is 2. The number of carboxylic acids is 1. The summed E-state index contributed by atoms with van der Waals surface area (Å²) in [4.78, 5) is 22.5. The highest BCUT2D eigenvalue weighted by atomic mass is 35.5. The van der Waals surface area contributed by atoms with Gasteiger partial charge in [0.1, 0.15) is 11.9 Å². The molecule has 8 nitrogen and oxygen atoms in total. The van der Waals surface area contributed by atoms with Crippen molar-refractivity contribution in [1.82, 2.24) is 5.32 Å². The molecule has 0 saturated carbocycles. The van der Waals surface area contributed by atoms with Crippen molar-refractivity contribution < 1.29 is 24.2 Å². The minimum atomic E-state index is -1.05. The minimum absolute atomic E-state index is 0.258. The van der Waals surface area contributed by atoms with Crippen molar-refractivity contribution in [3.8, 4) is 11.5 Å². The Bertz CT molecular complexity index is 1010. The summed E-state index contributed by atoms with van der Waals surface area (Å²) in [5.41, 5.74) is 1.62. The molecule has 156 valence electrons. The van der Waals surface area contributed by atoms with Crippen LogP contribution in [0.4, 0.5) is 0 Å². The number of methoxy groups -OCH3 is 1. The number of nitrogens with one attached hydrogen (secondary N) is 1. The Balaban J connectivity index is 1.67. The summed E-state index contributed by atoms with van der Waals surface area (Å²) in [5, 5.41) is 19.4. The molecule has 1 unspecified atom stereocenters. The standard InChI is InChI=1S/C20H18ClN3O5S/c1-28-15-6-5-12(8-16(15)29-11-13-3-2-4-14(21)7-13)10-22-24-20-23-19(27)17(30-20)9-18(25)26/h2-8,10,17H,9,11H2,1H3,(H,25,26)(H,23,24,27). The van der Waals surface area contributed by atoms with Gasteiger partial charge in [-0.1, -0.05) is 35.5 Å². The molecule has 0 radical (unpaired) electrons. The molecule has 0 aliphatic carbocycles. The number of halogens is 1. The normalized spacial score (nSPS) is 17.3. The Hall–Kier alpha value is -3.04. The predicted molar refractivity (Wildman–Crippen MR) is 116 cm³/mol. The van der Waals surface area contributed by atoms with Crippen molar-refractivity contribution in [2.45, 2.75) is 18.3 Å². The van der Waals surface area contributed by atoms with E-state index < -0.39 is 17.1 Å².